The summed E-state index contributed by atoms with van der Waals surface area (Å²) >= 11 is 0. The van der Waals surface area contributed by atoms with Crippen LogP contribution in [0.5, 0.6) is 0 Å². The van der Waals surface area contributed by atoms with E-state index in [9.17, 15) is 0 Å². The Kier molecular flexibility index (Phi) is 15.2. The minimum Gasteiger partial charge on any atom is -0.310 e. The quantitative estimate of drug-likeness (QED) is 0.113. The van der Waals surface area contributed by atoms with Gasteiger partial charge in [-0.15, -0.1) is 36.6 Å². The topological polar surface area (TPSA) is 16.3 Å². The van der Waals surface area contributed by atoms with Crippen molar-refractivity contribution in [1.29, 1.82) is 0 Å². The Balaban J connectivity index is 0.00000100. The summed E-state index contributed by atoms with van der Waals surface area (Å²) in [6.07, 6.45) is 0. The summed E-state index contributed by atoms with van der Waals surface area (Å²) in [5.41, 5.74) is 20.5. The molecule has 0 aliphatic rings. The zero-order valence-electron chi connectivity index (χ0n) is 45.0. The third kappa shape index (κ3) is 10.8. The van der Waals surface area contributed by atoms with E-state index < -0.39 is 0 Å². The molecule has 0 radical (unpaired) electrons. The number of anilines is 6. The first-order chi connectivity index (χ1) is 40.3. The molecule has 0 aliphatic carbocycles. The Morgan fingerprint density at radius 1 is 0.256 bits per heavy atom. The van der Waals surface area contributed by atoms with Gasteiger partial charge in [0.15, 0.2) is 0 Å². The van der Waals surface area contributed by atoms with Crippen LogP contribution in [0, 0.1) is 0 Å². The lowest BCUT2D eigenvalue weighted by Gasteiger charge is -2.27. The lowest BCUT2D eigenvalue weighted by molar-refractivity contribution is 1.18. The maximum absolute atomic E-state index is 2.71. The molecular formula is C73H59N4P5. The van der Waals surface area contributed by atoms with Gasteiger partial charge in [-0.1, -0.05) is 190 Å². The zero-order chi connectivity index (χ0) is 55.6. The average molecular weight is 1150 g/mol. The van der Waals surface area contributed by atoms with E-state index in [1.54, 1.807) is 0 Å². The predicted molar refractivity (Wildman–Crippen MR) is 371 cm³/mol. The summed E-state index contributed by atoms with van der Waals surface area (Å²) in [7, 11) is 11.7. The number of hydrogen-bond donors (Lipinski definition) is 0. The van der Waals surface area contributed by atoms with Crippen LogP contribution < -0.4 is 9.80 Å². The van der Waals surface area contributed by atoms with Crippen molar-refractivity contribution in [3.63, 3.8) is 0 Å². The Bertz CT molecular complexity index is 4240. The van der Waals surface area contributed by atoms with Crippen molar-refractivity contribution in [1.82, 2.24) is 9.13 Å². The van der Waals surface area contributed by atoms with Crippen LogP contribution in [0.4, 0.5) is 34.1 Å². The highest BCUT2D eigenvalue weighted by Gasteiger charge is 2.21. The van der Waals surface area contributed by atoms with Crippen molar-refractivity contribution in [2.24, 2.45) is 0 Å². The lowest BCUT2D eigenvalue weighted by Crippen LogP contribution is -2.10. The Hall–Kier alpha value is -8.01. The van der Waals surface area contributed by atoms with E-state index in [1.807, 2.05) is 0 Å². The van der Waals surface area contributed by atoms with Crippen molar-refractivity contribution in [3.8, 4) is 44.8 Å². The fraction of sp³-hybridized carbons (Fsp3) is 0.0137. The van der Waals surface area contributed by atoms with Crippen LogP contribution in [0.3, 0.4) is 0 Å². The summed E-state index contributed by atoms with van der Waals surface area (Å²) < 4.78 is 5.03. The van der Waals surface area contributed by atoms with Crippen molar-refractivity contribution in [3.05, 3.63) is 303 Å². The number of benzene rings is 12. The summed E-state index contributed by atoms with van der Waals surface area (Å²) in [6.45, 7) is 0. The molecule has 5 atom stereocenters. The minimum absolute atomic E-state index is 0.282. The number of nitrogens with zero attached hydrogens (tertiary/aromatic N) is 4. The van der Waals surface area contributed by atoms with E-state index in [0.29, 0.717) is 0 Å². The van der Waals surface area contributed by atoms with Gasteiger partial charge in [-0.25, -0.2) is 0 Å². The van der Waals surface area contributed by atoms with Crippen molar-refractivity contribution in [2.45, 2.75) is 4.38 Å². The third-order valence-electron chi connectivity index (χ3n) is 15.1. The van der Waals surface area contributed by atoms with E-state index in [2.05, 4.69) is 359 Å². The van der Waals surface area contributed by atoms with Gasteiger partial charge in [0.05, 0.1) is 22.1 Å². The molecule has 396 valence electrons. The molecule has 9 heteroatoms. The second kappa shape index (κ2) is 23.5. The third-order valence-corrected chi connectivity index (χ3v) is 21.6. The molecule has 0 aliphatic heterocycles. The number of aromatic nitrogens is 2. The van der Waals surface area contributed by atoms with Gasteiger partial charge in [-0.3, -0.25) is 0 Å². The number of fused-ring (bicyclic) bond motifs is 6. The molecule has 0 N–H and O–H groups in total. The van der Waals surface area contributed by atoms with Gasteiger partial charge in [0, 0.05) is 71.4 Å². The van der Waals surface area contributed by atoms with Crippen LogP contribution in [0.2, 0.25) is 0 Å². The monoisotopic (exact) mass is 1150 g/mol. The molecule has 0 spiro atoms. The maximum atomic E-state index is 2.71. The second-order valence-corrected chi connectivity index (χ2v) is 29.1. The highest BCUT2D eigenvalue weighted by Crippen LogP contribution is 2.54. The molecule has 82 heavy (non-hydrogen) atoms. The maximum Gasteiger partial charge on any atom is 0.0542 e. The summed E-state index contributed by atoms with van der Waals surface area (Å²) in [5.74, 6) is 0. The highest BCUT2D eigenvalue weighted by molar-refractivity contribution is 8.11. The Labute approximate surface area is 491 Å². The zero-order valence-corrected chi connectivity index (χ0v) is 50.6. The van der Waals surface area contributed by atoms with Gasteiger partial charge in [-0.05, 0) is 155 Å². The molecule has 0 saturated heterocycles. The van der Waals surface area contributed by atoms with Crippen LogP contribution in [0.15, 0.2) is 303 Å². The summed E-state index contributed by atoms with van der Waals surface area (Å²) in [5, 5.41) is 4.85. The molecule has 0 saturated carbocycles. The number of hydrogen-bond acceptors (Lipinski definition) is 2. The first kappa shape index (κ1) is 53.3. The van der Waals surface area contributed by atoms with Gasteiger partial charge in [0.25, 0.3) is 0 Å². The highest BCUT2D eigenvalue weighted by atomic mass is 32.0. The first-order valence-corrected chi connectivity index (χ1v) is 31.9. The van der Waals surface area contributed by atoms with E-state index in [1.165, 1.54) is 65.9 Å². The van der Waals surface area contributed by atoms with Crippen LogP contribution in [-0.2, 0) is 0 Å². The molecule has 2 aromatic heterocycles. The molecule has 14 rings (SSSR count). The van der Waals surface area contributed by atoms with Gasteiger partial charge >= 0.3 is 0 Å². The Morgan fingerprint density at radius 3 is 0.927 bits per heavy atom. The molecule has 14 aromatic rings. The van der Waals surface area contributed by atoms with Crippen molar-refractivity contribution < 1.29 is 0 Å². The molecule has 4 nitrogen and oxygen atoms in total. The second-order valence-electron chi connectivity index (χ2n) is 20.5. The van der Waals surface area contributed by atoms with Crippen molar-refractivity contribution >= 4 is 123 Å². The van der Waals surface area contributed by atoms with Gasteiger partial charge in [-0.2, -0.15) is 0 Å². The first-order valence-electron chi connectivity index (χ1n) is 27.4. The molecule has 0 amide bonds. The van der Waals surface area contributed by atoms with E-state index >= 15 is 0 Å². The largest absolute Gasteiger partial charge is 0.310 e. The van der Waals surface area contributed by atoms with E-state index in [-0.39, 0.29) is 4.38 Å². The molecule has 12 aromatic carbocycles. The molecule has 0 bridgehead atoms. The predicted octanol–water partition coefficient (Wildman–Crippen LogP) is 21.5. The molecule has 5 unspecified atom stereocenters. The molecule has 0 fully saturated rings. The van der Waals surface area contributed by atoms with Crippen LogP contribution in [0.25, 0.3) is 88.4 Å². The van der Waals surface area contributed by atoms with Gasteiger partial charge in [0.2, 0.25) is 0 Å². The fourth-order valence-corrected chi connectivity index (χ4v) is 11.3. The van der Waals surface area contributed by atoms with Crippen molar-refractivity contribution in [2.75, 3.05) is 9.80 Å². The van der Waals surface area contributed by atoms with Crippen LogP contribution in [0.1, 0.15) is 0 Å². The standard InChI is InChI=1S/C72H50N4.CH9P5/c1-5-19-51(20-6-1)55-23-17-29-61(47-55)73(63-43-45-71-67(49-63)65-31-13-15-33-69(65)75(71)57-25-9-3-10-26-57)59-39-35-53(36-40-59)54-37-41-60(42-38-54)74(62-30-18-24-56(48-62)52-21-7-2-8-22-52)64-44-46-72-68(50-64)66-32-14-16-34-70(66)76(72)58-27-11-4-12-28-58;2-1(3,4)6-5/h1-50H;6H,2-5H2. The van der Waals surface area contributed by atoms with E-state index in [4.69, 9.17) is 0 Å². The number of para-hydroxylation sites is 4. The normalized spacial score (nSPS) is 11.6. The molecule has 2 heterocycles. The molecular weight excluding hydrogens is 1090 g/mol. The van der Waals surface area contributed by atoms with Crippen LogP contribution in [-0.4, -0.2) is 13.5 Å². The van der Waals surface area contributed by atoms with E-state index in [0.717, 1.165) is 64.9 Å². The summed E-state index contributed by atoms with van der Waals surface area (Å²) in [4.78, 5) is 4.78. The number of rotatable bonds is 12. The summed E-state index contributed by atoms with van der Waals surface area (Å²) in [6, 6.07) is 110. The smallest absolute Gasteiger partial charge is 0.0542 e. The minimum atomic E-state index is 0.282. The average Bonchev–Trinajstić information content (AvgIpc) is 3.94. The van der Waals surface area contributed by atoms with Gasteiger partial charge < -0.3 is 18.9 Å². The fourth-order valence-electron chi connectivity index (χ4n) is 11.3. The SMILES string of the molecule is PPC(P)(P)P.c1ccc(-c2cccc(N(c3ccc(-c4ccc(N(c5cccc(-c6ccccc6)c5)c5ccc6c(c5)c5ccccc5n6-c5ccccc5)cc4)cc3)c3ccc4c(c3)c3ccccc3n4-c3ccccc3)c2)cc1. The lowest BCUT2D eigenvalue weighted by atomic mass is 10.0. The van der Waals surface area contributed by atoms with Crippen LogP contribution >= 0.6 is 44.9 Å². The Morgan fingerprint density at radius 2 is 0.549 bits per heavy atom. The van der Waals surface area contributed by atoms with Gasteiger partial charge in [0.1, 0.15) is 0 Å².